The molecule has 1 heterocycles. The molecule has 0 aliphatic heterocycles. The number of nitrogens with one attached hydrogen (secondary N) is 1. The minimum absolute atomic E-state index is 0.160. The lowest BCUT2D eigenvalue weighted by molar-refractivity contribution is -0.146. The average molecular weight is 317 g/mol. The average Bonchev–Trinajstić information content (AvgIpc) is 2.84. The van der Waals surface area contributed by atoms with Gasteiger partial charge in [0.25, 0.3) is 0 Å². The Kier molecular flexibility index (Phi) is 7.04. The van der Waals surface area contributed by atoms with E-state index in [2.05, 4.69) is 10.3 Å². The summed E-state index contributed by atoms with van der Waals surface area (Å²) in [6.07, 6.45) is 10.9. The smallest absolute Gasteiger partial charge is 0.311 e. The van der Waals surface area contributed by atoms with Crippen LogP contribution >= 0.6 is 0 Å². The molecule has 2 rings (SSSR count). The summed E-state index contributed by atoms with van der Waals surface area (Å²) in [5.41, 5.74) is 1.12. The van der Waals surface area contributed by atoms with Crippen molar-refractivity contribution in [3.8, 4) is 0 Å². The van der Waals surface area contributed by atoms with Gasteiger partial charge >= 0.3 is 11.8 Å². The van der Waals surface area contributed by atoms with Crippen LogP contribution in [0.1, 0.15) is 51.0 Å². The van der Waals surface area contributed by atoms with Gasteiger partial charge in [-0.05, 0) is 43.9 Å². The summed E-state index contributed by atoms with van der Waals surface area (Å²) in [5, 5.41) is 2.93. The van der Waals surface area contributed by atoms with Crippen LogP contribution in [0.4, 0.5) is 0 Å². The Morgan fingerprint density at radius 2 is 1.83 bits per heavy atom. The molecular weight excluding hydrogens is 290 g/mol. The Morgan fingerprint density at radius 3 is 2.43 bits per heavy atom. The Morgan fingerprint density at radius 1 is 1.17 bits per heavy atom. The number of likely N-dealkylation sites (N-methyl/N-ethyl adjacent to an activating group) is 1. The van der Waals surface area contributed by atoms with Crippen molar-refractivity contribution in [2.75, 3.05) is 13.1 Å². The number of amides is 2. The molecule has 5 nitrogen and oxygen atoms in total. The third kappa shape index (κ3) is 5.66. The van der Waals surface area contributed by atoms with Crippen LogP contribution in [0, 0.1) is 0 Å². The van der Waals surface area contributed by atoms with Gasteiger partial charge in [0.2, 0.25) is 0 Å². The number of hydrogen-bond acceptors (Lipinski definition) is 3. The SMILES string of the molecule is CCN(CCc1ccncc1)C(=O)C(=O)NC1CCCCCC1. The molecule has 1 aromatic heterocycles. The molecule has 0 aromatic carbocycles. The summed E-state index contributed by atoms with van der Waals surface area (Å²) in [6, 6.07) is 4.03. The first-order chi connectivity index (χ1) is 11.2. The van der Waals surface area contributed by atoms with Crippen LogP contribution in [-0.2, 0) is 16.0 Å². The predicted octanol–water partition coefficient (Wildman–Crippen LogP) is 2.31. The molecule has 0 saturated heterocycles. The molecule has 2 amide bonds. The van der Waals surface area contributed by atoms with Crippen LogP contribution in [0.2, 0.25) is 0 Å². The van der Waals surface area contributed by atoms with Crippen LogP contribution in [-0.4, -0.2) is 40.8 Å². The van der Waals surface area contributed by atoms with Crippen molar-refractivity contribution in [2.45, 2.75) is 57.9 Å². The van der Waals surface area contributed by atoms with Gasteiger partial charge in [0, 0.05) is 31.5 Å². The zero-order valence-corrected chi connectivity index (χ0v) is 14.0. The minimum atomic E-state index is -0.450. The topological polar surface area (TPSA) is 62.3 Å². The van der Waals surface area contributed by atoms with Crippen molar-refractivity contribution in [3.63, 3.8) is 0 Å². The molecule has 1 fully saturated rings. The summed E-state index contributed by atoms with van der Waals surface area (Å²) in [5.74, 6) is -0.862. The first kappa shape index (κ1) is 17.4. The summed E-state index contributed by atoms with van der Waals surface area (Å²) >= 11 is 0. The molecule has 0 spiro atoms. The molecule has 0 bridgehead atoms. The van der Waals surface area contributed by atoms with Gasteiger partial charge in [0.05, 0.1) is 0 Å². The molecule has 5 heteroatoms. The Balaban J connectivity index is 1.84. The zero-order chi connectivity index (χ0) is 16.5. The maximum Gasteiger partial charge on any atom is 0.311 e. The third-order valence-electron chi connectivity index (χ3n) is 4.47. The second-order valence-electron chi connectivity index (χ2n) is 6.15. The highest BCUT2D eigenvalue weighted by Crippen LogP contribution is 2.17. The second-order valence-corrected chi connectivity index (χ2v) is 6.15. The van der Waals surface area contributed by atoms with E-state index in [9.17, 15) is 9.59 Å². The Hall–Kier alpha value is -1.91. The van der Waals surface area contributed by atoms with E-state index < -0.39 is 11.8 Å². The van der Waals surface area contributed by atoms with Gasteiger partial charge in [0.1, 0.15) is 0 Å². The number of aromatic nitrogens is 1. The molecule has 1 aliphatic rings. The summed E-state index contributed by atoms with van der Waals surface area (Å²) in [7, 11) is 0. The van der Waals surface area contributed by atoms with E-state index in [-0.39, 0.29) is 6.04 Å². The molecule has 1 aromatic rings. The van der Waals surface area contributed by atoms with Gasteiger partial charge < -0.3 is 10.2 Å². The number of nitrogens with zero attached hydrogens (tertiary/aromatic N) is 2. The van der Waals surface area contributed by atoms with Gasteiger partial charge in [-0.3, -0.25) is 14.6 Å². The maximum atomic E-state index is 12.4. The monoisotopic (exact) mass is 317 g/mol. The van der Waals surface area contributed by atoms with Crippen molar-refractivity contribution >= 4 is 11.8 Å². The molecular formula is C18H27N3O2. The van der Waals surface area contributed by atoms with E-state index in [4.69, 9.17) is 0 Å². The standard InChI is InChI=1S/C18H27N3O2/c1-2-21(14-11-15-9-12-19-13-10-15)18(23)17(22)20-16-7-5-3-4-6-8-16/h9-10,12-13,16H,2-8,11,14H2,1H3,(H,20,22). The molecule has 23 heavy (non-hydrogen) atoms. The van der Waals surface area contributed by atoms with Gasteiger partial charge in [-0.1, -0.05) is 25.7 Å². The van der Waals surface area contributed by atoms with Crippen molar-refractivity contribution in [1.29, 1.82) is 0 Å². The molecule has 1 saturated carbocycles. The summed E-state index contributed by atoms with van der Waals surface area (Å²) in [4.78, 5) is 30.2. The highest BCUT2D eigenvalue weighted by atomic mass is 16.2. The Labute approximate surface area is 138 Å². The molecule has 0 atom stereocenters. The Bertz CT molecular complexity index is 496. The quantitative estimate of drug-likeness (QED) is 0.669. The third-order valence-corrected chi connectivity index (χ3v) is 4.47. The molecule has 0 unspecified atom stereocenters. The first-order valence-corrected chi connectivity index (χ1v) is 8.69. The van der Waals surface area contributed by atoms with Crippen LogP contribution in [0.25, 0.3) is 0 Å². The van der Waals surface area contributed by atoms with Crippen LogP contribution < -0.4 is 5.32 Å². The van der Waals surface area contributed by atoms with Crippen molar-refractivity contribution in [2.24, 2.45) is 0 Å². The van der Waals surface area contributed by atoms with Crippen molar-refractivity contribution in [1.82, 2.24) is 15.2 Å². The number of rotatable bonds is 5. The fraction of sp³-hybridized carbons (Fsp3) is 0.611. The molecule has 0 radical (unpaired) electrons. The number of carbonyl (C=O) groups excluding carboxylic acids is 2. The molecule has 126 valence electrons. The highest BCUT2D eigenvalue weighted by Gasteiger charge is 2.23. The van der Waals surface area contributed by atoms with E-state index in [1.807, 2.05) is 19.1 Å². The second kappa shape index (κ2) is 9.28. The van der Waals surface area contributed by atoms with Crippen molar-refractivity contribution < 1.29 is 9.59 Å². The fourth-order valence-corrected chi connectivity index (χ4v) is 3.03. The van der Waals surface area contributed by atoms with E-state index in [0.717, 1.165) is 37.7 Å². The minimum Gasteiger partial charge on any atom is -0.345 e. The predicted molar refractivity (Wildman–Crippen MR) is 89.8 cm³/mol. The molecule has 1 aliphatic carbocycles. The zero-order valence-electron chi connectivity index (χ0n) is 14.0. The van der Waals surface area contributed by atoms with E-state index in [1.165, 1.54) is 12.8 Å². The van der Waals surface area contributed by atoms with Crippen LogP contribution in [0.5, 0.6) is 0 Å². The number of hydrogen-bond donors (Lipinski definition) is 1. The maximum absolute atomic E-state index is 12.4. The lowest BCUT2D eigenvalue weighted by Crippen LogP contribution is -2.47. The largest absolute Gasteiger partial charge is 0.345 e. The van der Waals surface area contributed by atoms with E-state index >= 15 is 0 Å². The van der Waals surface area contributed by atoms with Crippen LogP contribution in [0.3, 0.4) is 0 Å². The van der Waals surface area contributed by atoms with E-state index in [0.29, 0.717) is 13.1 Å². The highest BCUT2D eigenvalue weighted by molar-refractivity contribution is 6.35. The van der Waals surface area contributed by atoms with Crippen LogP contribution in [0.15, 0.2) is 24.5 Å². The lowest BCUT2D eigenvalue weighted by atomic mass is 10.1. The summed E-state index contributed by atoms with van der Waals surface area (Å²) in [6.45, 7) is 3.00. The number of carbonyl (C=O) groups is 2. The number of pyridine rings is 1. The normalized spacial score (nSPS) is 15.7. The summed E-state index contributed by atoms with van der Waals surface area (Å²) < 4.78 is 0. The first-order valence-electron chi connectivity index (χ1n) is 8.69. The van der Waals surface area contributed by atoms with Gasteiger partial charge in [-0.2, -0.15) is 0 Å². The van der Waals surface area contributed by atoms with Gasteiger partial charge in [0.15, 0.2) is 0 Å². The van der Waals surface area contributed by atoms with Crippen molar-refractivity contribution in [3.05, 3.63) is 30.1 Å². The van der Waals surface area contributed by atoms with Gasteiger partial charge in [-0.25, -0.2) is 0 Å². The van der Waals surface area contributed by atoms with Gasteiger partial charge in [-0.15, -0.1) is 0 Å². The van der Waals surface area contributed by atoms with E-state index in [1.54, 1.807) is 17.3 Å². The fourth-order valence-electron chi connectivity index (χ4n) is 3.03. The molecule has 1 N–H and O–H groups in total. The lowest BCUT2D eigenvalue weighted by Gasteiger charge is -2.22.